The van der Waals surface area contributed by atoms with Crippen LogP contribution in [0, 0.1) is 0 Å². The molecule has 1 aromatic heterocycles. The first-order chi connectivity index (χ1) is 9.81. The minimum Gasteiger partial charge on any atom is -0.488 e. The van der Waals surface area contributed by atoms with Crippen molar-refractivity contribution in [2.24, 2.45) is 5.73 Å². The summed E-state index contributed by atoms with van der Waals surface area (Å²) in [7, 11) is 0. The van der Waals surface area contributed by atoms with Crippen LogP contribution in [-0.2, 0) is 13.0 Å². The number of hydrogen-bond donors (Lipinski definition) is 1. The first-order valence-electron chi connectivity index (χ1n) is 6.87. The first-order valence-corrected chi connectivity index (χ1v) is 6.87. The third-order valence-corrected chi connectivity index (χ3v) is 3.07. The van der Waals surface area contributed by atoms with E-state index in [0.717, 1.165) is 12.8 Å². The number of aromatic nitrogens is 1. The molecule has 0 aliphatic carbocycles. The van der Waals surface area contributed by atoms with Crippen LogP contribution in [0.4, 0.5) is 0 Å². The molecule has 0 unspecified atom stereocenters. The highest BCUT2D eigenvalue weighted by atomic mass is 16.5. The van der Waals surface area contributed by atoms with Gasteiger partial charge in [-0.3, -0.25) is 4.79 Å². The number of rotatable bonds is 7. The van der Waals surface area contributed by atoms with Gasteiger partial charge >= 0.3 is 0 Å². The second kappa shape index (κ2) is 7.50. The highest BCUT2D eigenvalue weighted by Crippen LogP contribution is 2.05. The Labute approximate surface area is 118 Å². The van der Waals surface area contributed by atoms with Gasteiger partial charge in [0.1, 0.15) is 0 Å². The van der Waals surface area contributed by atoms with Gasteiger partial charge in [-0.15, -0.1) is 0 Å². The zero-order chi connectivity index (χ0) is 14.2. The molecule has 0 spiro atoms. The van der Waals surface area contributed by atoms with Gasteiger partial charge in [-0.1, -0.05) is 30.3 Å². The van der Waals surface area contributed by atoms with E-state index in [1.807, 2.05) is 24.3 Å². The van der Waals surface area contributed by atoms with Crippen LogP contribution in [0.1, 0.15) is 12.0 Å². The topological polar surface area (TPSA) is 57.2 Å². The predicted octanol–water partition coefficient (Wildman–Crippen LogP) is 1.82. The van der Waals surface area contributed by atoms with E-state index in [-0.39, 0.29) is 5.56 Å². The molecule has 0 saturated heterocycles. The van der Waals surface area contributed by atoms with E-state index in [9.17, 15) is 4.79 Å². The Balaban J connectivity index is 1.85. The number of aryl methyl sites for hydroxylation is 1. The van der Waals surface area contributed by atoms with Gasteiger partial charge in [-0.25, -0.2) is 0 Å². The van der Waals surface area contributed by atoms with E-state index in [1.165, 1.54) is 5.56 Å². The summed E-state index contributed by atoms with van der Waals surface area (Å²) in [5.41, 5.74) is 6.63. The highest BCUT2D eigenvalue weighted by molar-refractivity contribution is 5.17. The van der Waals surface area contributed by atoms with Gasteiger partial charge in [0, 0.05) is 19.3 Å². The number of benzene rings is 1. The van der Waals surface area contributed by atoms with Crippen LogP contribution in [0.25, 0.3) is 0 Å². The molecular weight excluding hydrogens is 252 g/mol. The van der Waals surface area contributed by atoms with E-state index >= 15 is 0 Å². The van der Waals surface area contributed by atoms with E-state index in [2.05, 4.69) is 12.1 Å². The molecule has 20 heavy (non-hydrogen) atoms. The van der Waals surface area contributed by atoms with E-state index in [4.69, 9.17) is 10.5 Å². The molecule has 0 atom stereocenters. The summed E-state index contributed by atoms with van der Waals surface area (Å²) in [6.45, 7) is 1.49. The maximum atomic E-state index is 12.0. The quantitative estimate of drug-likeness (QED) is 0.782. The smallest absolute Gasteiger partial charge is 0.292 e. The Kier molecular flexibility index (Phi) is 5.38. The fourth-order valence-corrected chi connectivity index (χ4v) is 2.04. The average Bonchev–Trinajstić information content (AvgIpc) is 2.48. The zero-order valence-corrected chi connectivity index (χ0v) is 11.5. The highest BCUT2D eigenvalue weighted by Gasteiger charge is 2.03. The fraction of sp³-hybridized carbons (Fsp3) is 0.312. The molecule has 0 aliphatic heterocycles. The van der Waals surface area contributed by atoms with Crippen molar-refractivity contribution in [1.29, 1.82) is 0 Å². The van der Waals surface area contributed by atoms with Crippen LogP contribution in [-0.4, -0.2) is 17.7 Å². The number of ether oxygens (including phenoxy) is 1. The van der Waals surface area contributed by atoms with Crippen LogP contribution in [0.2, 0.25) is 0 Å². The monoisotopic (exact) mass is 272 g/mol. The number of nitrogens with zero attached hydrogens (tertiary/aromatic N) is 1. The third kappa shape index (κ3) is 3.96. The maximum Gasteiger partial charge on any atom is 0.292 e. The molecule has 0 saturated carbocycles. The van der Waals surface area contributed by atoms with Crippen molar-refractivity contribution >= 4 is 0 Å². The lowest BCUT2D eigenvalue weighted by Gasteiger charge is -2.08. The Bertz CT molecular complexity index is 579. The SMILES string of the molecule is NCCn1cccc(OCCCc2ccccc2)c1=O. The molecule has 0 fully saturated rings. The van der Waals surface area contributed by atoms with E-state index < -0.39 is 0 Å². The van der Waals surface area contributed by atoms with Crippen LogP contribution < -0.4 is 16.0 Å². The van der Waals surface area contributed by atoms with Crippen molar-refractivity contribution in [3.8, 4) is 5.75 Å². The van der Waals surface area contributed by atoms with Crippen molar-refractivity contribution in [2.45, 2.75) is 19.4 Å². The third-order valence-electron chi connectivity index (χ3n) is 3.07. The Hall–Kier alpha value is -2.07. The van der Waals surface area contributed by atoms with Crippen molar-refractivity contribution < 1.29 is 4.74 Å². The van der Waals surface area contributed by atoms with Gasteiger partial charge in [0.2, 0.25) is 0 Å². The Morgan fingerprint density at radius 1 is 1.10 bits per heavy atom. The Morgan fingerprint density at radius 2 is 1.90 bits per heavy atom. The summed E-state index contributed by atoms with van der Waals surface area (Å²) in [5, 5.41) is 0. The van der Waals surface area contributed by atoms with E-state index in [1.54, 1.807) is 16.8 Å². The molecule has 2 rings (SSSR count). The normalized spacial score (nSPS) is 10.4. The van der Waals surface area contributed by atoms with Crippen LogP contribution in [0.15, 0.2) is 53.5 Å². The van der Waals surface area contributed by atoms with Crippen LogP contribution in [0.5, 0.6) is 5.75 Å². The molecule has 0 amide bonds. The van der Waals surface area contributed by atoms with Crippen LogP contribution >= 0.6 is 0 Å². The van der Waals surface area contributed by atoms with E-state index in [0.29, 0.717) is 25.4 Å². The minimum absolute atomic E-state index is 0.113. The molecule has 4 heteroatoms. The average molecular weight is 272 g/mol. The first kappa shape index (κ1) is 14.3. The zero-order valence-electron chi connectivity index (χ0n) is 11.5. The summed E-state index contributed by atoms with van der Waals surface area (Å²) in [5.74, 6) is 0.397. The molecule has 1 heterocycles. The number of nitrogens with two attached hydrogens (primary N) is 1. The summed E-state index contributed by atoms with van der Waals surface area (Å²) in [6, 6.07) is 13.8. The summed E-state index contributed by atoms with van der Waals surface area (Å²) in [6.07, 6.45) is 3.56. The van der Waals surface area contributed by atoms with Gasteiger partial charge in [0.15, 0.2) is 5.75 Å². The van der Waals surface area contributed by atoms with Gasteiger partial charge in [0.25, 0.3) is 5.56 Å². The minimum atomic E-state index is -0.113. The van der Waals surface area contributed by atoms with Gasteiger partial charge in [-0.2, -0.15) is 0 Å². The van der Waals surface area contributed by atoms with Gasteiger partial charge in [-0.05, 0) is 30.5 Å². The van der Waals surface area contributed by atoms with Crippen LogP contribution in [0.3, 0.4) is 0 Å². The maximum absolute atomic E-state index is 12.0. The fourth-order valence-electron chi connectivity index (χ4n) is 2.04. The molecule has 0 aliphatic rings. The lowest BCUT2D eigenvalue weighted by Crippen LogP contribution is -2.24. The van der Waals surface area contributed by atoms with Gasteiger partial charge < -0.3 is 15.0 Å². The molecule has 2 N–H and O–H groups in total. The van der Waals surface area contributed by atoms with Crippen molar-refractivity contribution in [2.75, 3.05) is 13.2 Å². The molecular formula is C16H20N2O2. The number of hydrogen-bond acceptors (Lipinski definition) is 3. The molecule has 0 radical (unpaired) electrons. The second-order valence-corrected chi connectivity index (χ2v) is 4.60. The van der Waals surface area contributed by atoms with Crippen molar-refractivity contribution in [1.82, 2.24) is 4.57 Å². The summed E-state index contributed by atoms with van der Waals surface area (Å²) >= 11 is 0. The van der Waals surface area contributed by atoms with Gasteiger partial charge in [0.05, 0.1) is 6.61 Å². The molecule has 1 aromatic carbocycles. The summed E-state index contributed by atoms with van der Waals surface area (Å²) in [4.78, 5) is 12.0. The van der Waals surface area contributed by atoms with Crippen molar-refractivity contribution in [3.63, 3.8) is 0 Å². The molecule has 2 aromatic rings. The molecule has 0 bridgehead atoms. The molecule has 4 nitrogen and oxygen atoms in total. The largest absolute Gasteiger partial charge is 0.488 e. The lowest BCUT2D eigenvalue weighted by atomic mass is 10.1. The van der Waals surface area contributed by atoms with Crippen molar-refractivity contribution in [3.05, 3.63) is 64.6 Å². The summed E-state index contributed by atoms with van der Waals surface area (Å²) < 4.78 is 7.15. The Morgan fingerprint density at radius 3 is 2.65 bits per heavy atom. The lowest BCUT2D eigenvalue weighted by molar-refractivity contribution is 0.304. The second-order valence-electron chi connectivity index (χ2n) is 4.60. The number of pyridine rings is 1. The predicted molar refractivity (Wildman–Crippen MR) is 80.0 cm³/mol. The standard InChI is InChI=1S/C16H20N2O2/c17-10-12-18-11-4-9-15(16(18)19)20-13-5-8-14-6-2-1-3-7-14/h1-4,6-7,9,11H,5,8,10,12-13,17H2. The molecule has 106 valence electrons.